The van der Waals surface area contributed by atoms with Crippen LogP contribution in [0.1, 0.15) is 31.2 Å². The van der Waals surface area contributed by atoms with E-state index in [0.717, 1.165) is 84.8 Å². The Bertz CT molecular complexity index is 905. The molecule has 32 heavy (non-hydrogen) atoms. The Kier molecular flexibility index (Phi) is 7.06. The van der Waals surface area contributed by atoms with Crippen LogP contribution in [0.4, 0.5) is 0 Å². The highest BCUT2D eigenvalue weighted by molar-refractivity contribution is 5.83. The van der Waals surface area contributed by atoms with Crippen LogP contribution in [0.2, 0.25) is 0 Å². The van der Waals surface area contributed by atoms with Crippen molar-refractivity contribution in [3.8, 4) is 0 Å². The van der Waals surface area contributed by atoms with Crippen LogP contribution in [0.5, 0.6) is 0 Å². The van der Waals surface area contributed by atoms with Gasteiger partial charge in [-0.25, -0.2) is 0 Å². The van der Waals surface area contributed by atoms with Gasteiger partial charge in [0.15, 0.2) is 0 Å². The number of likely N-dealkylation sites (tertiary alicyclic amines) is 2. The predicted octanol–water partition coefficient (Wildman–Crippen LogP) is 3.62. The van der Waals surface area contributed by atoms with E-state index in [9.17, 15) is 4.79 Å². The Morgan fingerprint density at radius 2 is 1.66 bits per heavy atom. The van der Waals surface area contributed by atoms with Crippen molar-refractivity contribution in [3.05, 3.63) is 48.0 Å². The molecule has 0 aliphatic carbocycles. The minimum absolute atomic E-state index is 0.133. The molecule has 3 aliphatic heterocycles. The molecule has 2 atom stereocenters. The van der Waals surface area contributed by atoms with Crippen LogP contribution >= 0.6 is 0 Å². The molecule has 0 unspecified atom stereocenters. The fourth-order valence-electron chi connectivity index (χ4n) is 5.86. The minimum Gasteiger partial charge on any atom is -0.379 e. The molecule has 0 bridgehead atoms. The molecule has 5 rings (SSSR count). The lowest BCUT2D eigenvalue weighted by Crippen LogP contribution is -2.51. The standard InChI is InChI=1S/C27H37N3O2/c31-27(30-10-4-1-5-11-30)26-17-23(19-28-12-14-32-15-13-28)20-29(21-26)18-22-8-9-24-6-2-3-7-25(24)16-22/h2-3,6-9,16,23,26H,1,4-5,10-15,17-21H2/t23-,26-/m1/s1. The van der Waals surface area contributed by atoms with Crippen LogP contribution in [-0.2, 0) is 16.1 Å². The summed E-state index contributed by atoms with van der Waals surface area (Å²) in [6.45, 7) is 9.60. The molecule has 0 radical (unpaired) electrons. The maximum absolute atomic E-state index is 13.4. The quantitative estimate of drug-likeness (QED) is 0.719. The van der Waals surface area contributed by atoms with Gasteiger partial charge in [0.05, 0.1) is 19.1 Å². The summed E-state index contributed by atoms with van der Waals surface area (Å²) in [5.74, 6) is 1.08. The van der Waals surface area contributed by atoms with Gasteiger partial charge in [0, 0.05) is 52.4 Å². The van der Waals surface area contributed by atoms with Crippen molar-refractivity contribution < 1.29 is 9.53 Å². The minimum atomic E-state index is 0.133. The number of fused-ring (bicyclic) bond motifs is 1. The molecular formula is C27H37N3O2. The summed E-state index contributed by atoms with van der Waals surface area (Å²) < 4.78 is 5.55. The number of hydrogen-bond acceptors (Lipinski definition) is 4. The predicted molar refractivity (Wildman–Crippen MR) is 129 cm³/mol. The van der Waals surface area contributed by atoms with E-state index in [1.165, 1.54) is 22.8 Å². The molecule has 3 fully saturated rings. The number of benzene rings is 2. The van der Waals surface area contributed by atoms with Crippen LogP contribution in [0, 0.1) is 11.8 Å². The summed E-state index contributed by atoms with van der Waals surface area (Å²) in [7, 11) is 0. The Morgan fingerprint density at radius 1 is 0.875 bits per heavy atom. The lowest BCUT2D eigenvalue weighted by Gasteiger charge is -2.41. The maximum Gasteiger partial charge on any atom is 0.226 e. The van der Waals surface area contributed by atoms with Gasteiger partial charge in [-0.15, -0.1) is 0 Å². The third kappa shape index (κ3) is 5.33. The molecule has 2 aromatic carbocycles. The van der Waals surface area contributed by atoms with Crippen LogP contribution in [-0.4, -0.2) is 79.6 Å². The van der Waals surface area contributed by atoms with Gasteiger partial charge >= 0.3 is 0 Å². The fourth-order valence-corrected chi connectivity index (χ4v) is 5.86. The van der Waals surface area contributed by atoms with Crippen molar-refractivity contribution in [2.24, 2.45) is 11.8 Å². The van der Waals surface area contributed by atoms with Crippen LogP contribution in [0.15, 0.2) is 42.5 Å². The smallest absolute Gasteiger partial charge is 0.226 e. The highest BCUT2D eigenvalue weighted by atomic mass is 16.5. The van der Waals surface area contributed by atoms with Crippen molar-refractivity contribution in [2.75, 3.05) is 59.0 Å². The molecule has 0 saturated carbocycles. The summed E-state index contributed by atoms with van der Waals surface area (Å²) in [6, 6.07) is 15.4. The number of carbonyl (C=O) groups is 1. The van der Waals surface area contributed by atoms with Gasteiger partial charge in [0.2, 0.25) is 5.91 Å². The SMILES string of the molecule is O=C([C@@H]1C[C@H](CN2CCOCC2)CN(Cc2ccc3ccccc3c2)C1)N1CCCCC1. The van der Waals surface area contributed by atoms with E-state index in [4.69, 9.17) is 4.74 Å². The van der Waals surface area contributed by atoms with Gasteiger partial charge in [0.25, 0.3) is 0 Å². The number of ether oxygens (including phenoxy) is 1. The van der Waals surface area contributed by atoms with Crippen molar-refractivity contribution in [3.63, 3.8) is 0 Å². The van der Waals surface area contributed by atoms with Gasteiger partial charge in [-0.2, -0.15) is 0 Å². The van der Waals surface area contributed by atoms with Gasteiger partial charge in [-0.3, -0.25) is 14.6 Å². The van der Waals surface area contributed by atoms with Crippen LogP contribution in [0.3, 0.4) is 0 Å². The number of carbonyl (C=O) groups excluding carboxylic acids is 1. The highest BCUT2D eigenvalue weighted by Crippen LogP contribution is 2.28. The topological polar surface area (TPSA) is 36.0 Å². The molecule has 0 N–H and O–H groups in total. The van der Waals surface area contributed by atoms with Gasteiger partial charge < -0.3 is 9.64 Å². The van der Waals surface area contributed by atoms with Crippen LogP contribution < -0.4 is 0 Å². The first-order valence-corrected chi connectivity index (χ1v) is 12.5. The van der Waals surface area contributed by atoms with Crippen molar-refractivity contribution in [1.29, 1.82) is 0 Å². The number of rotatable bonds is 5. The second-order valence-electron chi connectivity index (χ2n) is 9.97. The summed E-state index contributed by atoms with van der Waals surface area (Å²) in [6.07, 6.45) is 4.62. The Hall–Kier alpha value is -1.95. The van der Waals surface area contributed by atoms with Crippen molar-refractivity contribution in [2.45, 2.75) is 32.2 Å². The molecule has 3 heterocycles. The molecule has 5 nitrogen and oxygen atoms in total. The number of nitrogens with zero attached hydrogens (tertiary/aromatic N) is 3. The number of piperidine rings is 2. The van der Waals surface area contributed by atoms with Gasteiger partial charge in [-0.05, 0) is 54.0 Å². The molecule has 172 valence electrons. The first-order valence-electron chi connectivity index (χ1n) is 12.5. The molecule has 5 heteroatoms. The normalized spacial score (nSPS) is 25.8. The number of amides is 1. The van der Waals surface area contributed by atoms with Crippen molar-refractivity contribution >= 4 is 16.7 Å². The molecule has 3 saturated heterocycles. The van der Waals surface area contributed by atoms with Gasteiger partial charge in [-0.1, -0.05) is 36.4 Å². The summed E-state index contributed by atoms with van der Waals surface area (Å²) >= 11 is 0. The average molecular weight is 436 g/mol. The molecule has 0 aromatic heterocycles. The Balaban J connectivity index is 1.30. The van der Waals surface area contributed by atoms with E-state index in [-0.39, 0.29) is 5.92 Å². The Labute approximate surface area is 192 Å². The monoisotopic (exact) mass is 435 g/mol. The molecule has 1 amide bonds. The maximum atomic E-state index is 13.4. The zero-order chi connectivity index (χ0) is 21.8. The van der Waals surface area contributed by atoms with E-state index in [2.05, 4.69) is 57.2 Å². The van der Waals surface area contributed by atoms with E-state index in [0.29, 0.717) is 11.8 Å². The van der Waals surface area contributed by atoms with Gasteiger partial charge in [0.1, 0.15) is 0 Å². The lowest BCUT2D eigenvalue weighted by atomic mass is 9.87. The summed E-state index contributed by atoms with van der Waals surface area (Å²) in [5.41, 5.74) is 1.35. The van der Waals surface area contributed by atoms with E-state index in [1.54, 1.807) is 0 Å². The third-order valence-electron chi connectivity index (χ3n) is 7.47. The fraction of sp³-hybridized carbons (Fsp3) is 0.593. The average Bonchev–Trinajstić information content (AvgIpc) is 2.84. The largest absolute Gasteiger partial charge is 0.379 e. The molecule has 0 spiro atoms. The number of hydrogen-bond donors (Lipinski definition) is 0. The highest BCUT2D eigenvalue weighted by Gasteiger charge is 2.35. The number of morpholine rings is 1. The second kappa shape index (κ2) is 10.3. The zero-order valence-corrected chi connectivity index (χ0v) is 19.3. The first kappa shape index (κ1) is 21.9. The van der Waals surface area contributed by atoms with E-state index < -0.39 is 0 Å². The molecule has 2 aromatic rings. The lowest BCUT2D eigenvalue weighted by molar-refractivity contribution is -0.139. The summed E-state index contributed by atoms with van der Waals surface area (Å²) in [4.78, 5) is 20.7. The van der Waals surface area contributed by atoms with Crippen molar-refractivity contribution in [1.82, 2.24) is 14.7 Å². The first-order chi connectivity index (χ1) is 15.7. The van der Waals surface area contributed by atoms with E-state index >= 15 is 0 Å². The molecule has 3 aliphatic rings. The van der Waals surface area contributed by atoms with Crippen LogP contribution in [0.25, 0.3) is 10.8 Å². The third-order valence-corrected chi connectivity index (χ3v) is 7.47. The summed E-state index contributed by atoms with van der Waals surface area (Å²) in [5, 5.41) is 2.59. The second-order valence-corrected chi connectivity index (χ2v) is 9.97. The molecular weight excluding hydrogens is 398 g/mol. The van der Waals surface area contributed by atoms with E-state index in [1.807, 2.05) is 0 Å². The zero-order valence-electron chi connectivity index (χ0n) is 19.3. The Morgan fingerprint density at radius 3 is 2.47 bits per heavy atom.